The molecule has 0 saturated carbocycles. The summed E-state index contributed by atoms with van der Waals surface area (Å²) in [7, 11) is 0. The summed E-state index contributed by atoms with van der Waals surface area (Å²) in [5.74, 6) is 0. The lowest BCUT2D eigenvalue weighted by atomic mass is 9.97. The van der Waals surface area contributed by atoms with Crippen LogP contribution in [-0.4, -0.2) is 37.3 Å². The molecule has 0 aromatic heterocycles. The van der Waals surface area contributed by atoms with Gasteiger partial charge in [-0.2, -0.15) is 13.2 Å². The van der Waals surface area contributed by atoms with Gasteiger partial charge in [0.1, 0.15) is 6.04 Å². The maximum atomic E-state index is 13.4. The zero-order valence-electron chi connectivity index (χ0n) is 12.0. The van der Waals surface area contributed by atoms with Crippen molar-refractivity contribution in [3.63, 3.8) is 0 Å². The van der Waals surface area contributed by atoms with Gasteiger partial charge in [-0.1, -0.05) is 23.8 Å². The number of halogens is 5. The molecular formula is C14H21Cl2F3N2. The van der Waals surface area contributed by atoms with E-state index in [4.69, 9.17) is 0 Å². The highest BCUT2D eigenvalue weighted by atomic mass is 35.5. The summed E-state index contributed by atoms with van der Waals surface area (Å²) >= 11 is 0. The molecule has 7 heteroatoms. The first kappa shape index (κ1) is 20.5. The molecule has 0 amide bonds. The fourth-order valence-corrected chi connectivity index (χ4v) is 2.65. The van der Waals surface area contributed by atoms with Gasteiger partial charge in [0.15, 0.2) is 0 Å². The number of aryl methyl sites for hydroxylation is 2. The molecule has 1 fully saturated rings. The van der Waals surface area contributed by atoms with Crippen molar-refractivity contribution in [2.24, 2.45) is 0 Å². The van der Waals surface area contributed by atoms with Crippen molar-refractivity contribution < 1.29 is 13.2 Å². The lowest BCUT2D eigenvalue weighted by molar-refractivity contribution is -0.188. The van der Waals surface area contributed by atoms with Crippen LogP contribution in [0.25, 0.3) is 0 Å². The second kappa shape index (κ2) is 8.22. The van der Waals surface area contributed by atoms with E-state index in [1.54, 1.807) is 19.1 Å². The Morgan fingerprint density at radius 2 is 1.67 bits per heavy atom. The van der Waals surface area contributed by atoms with Crippen molar-refractivity contribution in [1.82, 2.24) is 10.2 Å². The van der Waals surface area contributed by atoms with Crippen LogP contribution in [0, 0.1) is 13.8 Å². The average molecular weight is 345 g/mol. The number of nitrogens with one attached hydrogen (secondary N) is 1. The SMILES string of the molecule is Cc1ccc([C@H](N2CCNCC2)C(F)(F)F)c(C)c1.Cl.Cl. The van der Waals surface area contributed by atoms with Gasteiger partial charge >= 0.3 is 6.18 Å². The molecule has 1 aliphatic rings. The smallest absolute Gasteiger partial charge is 0.314 e. The molecule has 1 saturated heterocycles. The van der Waals surface area contributed by atoms with Crippen molar-refractivity contribution in [3.05, 3.63) is 34.9 Å². The van der Waals surface area contributed by atoms with Gasteiger partial charge in [0, 0.05) is 26.2 Å². The number of rotatable bonds is 2. The average Bonchev–Trinajstić information content (AvgIpc) is 2.32. The molecule has 122 valence electrons. The molecule has 2 nitrogen and oxygen atoms in total. The maximum absolute atomic E-state index is 13.4. The molecule has 1 heterocycles. The highest BCUT2D eigenvalue weighted by Gasteiger charge is 2.45. The first-order chi connectivity index (χ1) is 8.89. The Kier molecular flexibility index (Phi) is 8.03. The lowest BCUT2D eigenvalue weighted by Crippen LogP contribution is -2.49. The summed E-state index contributed by atoms with van der Waals surface area (Å²) in [6.07, 6.45) is -4.24. The molecule has 1 aromatic carbocycles. The van der Waals surface area contributed by atoms with E-state index in [1.807, 2.05) is 13.0 Å². The lowest BCUT2D eigenvalue weighted by Gasteiger charge is -2.36. The minimum Gasteiger partial charge on any atom is -0.314 e. The third-order valence-electron chi connectivity index (χ3n) is 3.55. The van der Waals surface area contributed by atoms with E-state index < -0.39 is 12.2 Å². The molecule has 0 aliphatic carbocycles. The normalized spacial score (nSPS) is 17.6. The van der Waals surface area contributed by atoms with E-state index >= 15 is 0 Å². The molecule has 21 heavy (non-hydrogen) atoms. The topological polar surface area (TPSA) is 15.3 Å². The van der Waals surface area contributed by atoms with Crippen LogP contribution < -0.4 is 5.32 Å². The van der Waals surface area contributed by atoms with Gasteiger partial charge in [-0.15, -0.1) is 24.8 Å². The molecule has 0 radical (unpaired) electrons. The molecule has 1 aromatic rings. The van der Waals surface area contributed by atoms with E-state index in [0.29, 0.717) is 37.3 Å². The van der Waals surface area contributed by atoms with Crippen LogP contribution >= 0.6 is 24.8 Å². The summed E-state index contributed by atoms with van der Waals surface area (Å²) in [5, 5.41) is 3.09. The number of hydrogen-bond acceptors (Lipinski definition) is 2. The fraction of sp³-hybridized carbons (Fsp3) is 0.571. The molecule has 0 spiro atoms. The Bertz CT molecular complexity index is 446. The molecular weight excluding hydrogens is 324 g/mol. The van der Waals surface area contributed by atoms with E-state index in [1.165, 1.54) is 4.90 Å². The zero-order chi connectivity index (χ0) is 14.0. The highest BCUT2D eigenvalue weighted by molar-refractivity contribution is 5.85. The third-order valence-corrected chi connectivity index (χ3v) is 3.55. The molecule has 2 rings (SSSR count). The second-order valence-corrected chi connectivity index (χ2v) is 5.09. The minimum atomic E-state index is -4.24. The minimum absolute atomic E-state index is 0. The highest BCUT2D eigenvalue weighted by Crippen LogP contribution is 2.39. The number of alkyl halides is 3. The van der Waals surface area contributed by atoms with Crippen molar-refractivity contribution >= 4 is 24.8 Å². The van der Waals surface area contributed by atoms with E-state index in [0.717, 1.165) is 5.56 Å². The van der Waals surface area contributed by atoms with Crippen molar-refractivity contribution in [3.8, 4) is 0 Å². The Morgan fingerprint density at radius 1 is 1.10 bits per heavy atom. The van der Waals surface area contributed by atoms with Crippen LogP contribution in [0.1, 0.15) is 22.7 Å². The molecule has 1 N–H and O–H groups in total. The number of benzene rings is 1. The van der Waals surface area contributed by atoms with Crippen LogP contribution in [0.2, 0.25) is 0 Å². The van der Waals surface area contributed by atoms with Gasteiger partial charge in [-0.25, -0.2) is 0 Å². The molecule has 1 atom stereocenters. The van der Waals surface area contributed by atoms with E-state index in [9.17, 15) is 13.2 Å². The van der Waals surface area contributed by atoms with Gasteiger partial charge < -0.3 is 5.32 Å². The summed E-state index contributed by atoms with van der Waals surface area (Å²) in [4.78, 5) is 1.52. The van der Waals surface area contributed by atoms with Crippen LogP contribution in [0.5, 0.6) is 0 Å². The maximum Gasteiger partial charge on any atom is 0.408 e. The predicted molar refractivity (Wildman–Crippen MR) is 83.7 cm³/mol. The van der Waals surface area contributed by atoms with Gasteiger partial charge in [0.25, 0.3) is 0 Å². The largest absolute Gasteiger partial charge is 0.408 e. The third kappa shape index (κ3) is 5.02. The number of nitrogens with zero attached hydrogens (tertiary/aromatic N) is 1. The van der Waals surface area contributed by atoms with Crippen molar-refractivity contribution in [2.75, 3.05) is 26.2 Å². The quantitative estimate of drug-likeness (QED) is 0.880. The Hall–Kier alpha value is -0.490. The van der Waals surface area contributed by atoms with E-state index in [-0.39, 0.29) is 24.8 Å². The van der Waals surface area contributed by atoms with Gasteiger partial charge in [0.2, 0.25) is 0 Å². The van der Waals surface area contributed by atoms with Gasteiger partial charge in [-0.05, 0) is 25.0 Å². The Balaban J connectivity index is 0.00000200. The van der Waals surface area contributed by atoms with Crippen LogP contribution in [0.3, 0.4) is 0 Å². The predicted octanol–water partition coefficient (Wildman–Crippen LogP) is 3.66. The molecule has 1 aliphatic heterocycles. The van der Waals surface area contributed by atoms with Crippen molar-refractivity contribution in [1.29, 1.82) is 0 Å². The first-order valence-corrected chi connectivity index (χ1v) is 6.48. The van der Waals surface area contributed by atoms with Crippen LogP contribution in [-0.2, 0) is 0 Å². The zero-order valence-corrected chi connectivity index (χ0v) is 13.7. The first-order valence-electron chi connectivity index (χ1n) is 6.48. The molecule has 0 bridgehead atoms. The standard InChI is InChI=1S/C14H19F3N2.2ClH/c1-10-3-4-12(11(2)9-10)13(14(15,16)17)19-7-5-18-6-8-19;;/h3-4,9,13,18H,5-8H2,1-2H3;2*1H/t13-;;/m0../s1. The van der Waals surface area contributed by atoms with Crippen LogP contribution in [0.15, 0.2) is 18.2 Å². The Labute approximate surface area is 135 Å². The summed E-state index contributed by atoms with van der Waals surface area (Å²) in [6.45, 7) is 5.72. The number of piperazine rings is 1. The second-order valence-electron chi connectivity index (χ2n) is 5.09. The summed E-state index contributed by atoms with van der Waals surface area (Å²) < 4.78 is 40.2. The molecule has 0 unspecified atom stereocenters. The Morgan fingerprint density at radius 3 is 2.14 bits per heavy atom. The summed E-state index contributed by atoms with van der Waals surface area (Å²) in [6, 6.07) is 3.69. The number of hydrogen-bond donors (Lipinski definition) is 1. The van der Waals surface area contributed by atoms with Crippen molar-refractivity contribution in [2.45, 2.75) is 26.1 Å². The monoisotopic (exact) mass is 344 g/mol. The van der Waals surface area contributed by atoms with Gasteiger partial charge in [-0.3, -0.25) is 4.90 Å². The van der Waals surface area contributed by atoms with Crippen LogP contribution in [0.4, 0.5) is 13.2 Å². The summed E-state index contributed by atoms with van der Waals surface area (Å²) in [5.41, 5.74) is 2.07. The fourth-order valence-electron chi connectivity index (χ4n) is 2.65. The van der Waals surface area contributed by atoms with Gasteiger partial charge in [0.05, 0.1) is 0 Å². The van der Waals surface area contributed by atoms with E-state index in [2.05, 4.69) is 5.32 Å².